The van der Waals surface area contributed by atoms with E-state index in [-0.39, 0.29) is 0 Å². The lowest BCUT2D eigenvalue weighted by Crippen LogP contribution is -2.45. The molecule has 3 aromatic rings. The number of amides is 1. The van der Waals surface area contributed by atoms with E-state index in [1.165, 1.54) is 0 Å². The van der Waals surface area contributed by atoms with E-state index in [2.05, 4.69) is 5.32 Å². The van der Waals surface area contributed by atoms with Crippen molar-refractivity contribution < 1.29 is 13.2 Å². The predicted molar refractivity (Wildman–Crippen MR) is 111 cm³/mol. The molecule has 140 valence electrons. The second-order valence-electron chi connectivity index (χ2n) is 6.23. The molecule has 0 fully saturated rings. The minimum absolute atomic E-state index is 0.377. The summed E-state index contributed by atoms with van der Waals surface area (Å²) in [6.07, 6.45) is 1.07. The summed E-state index contributed by atoms with van der Waals surface area (Å²) in [4.78, 5) is 12.8. The number of sulfonamides is 1. The highest BCUT2D eigenvalue weighted by Gasteiger charge is 2.29. The summed E-state index contributed by atoms with van der Waals surface area (Å²) in [6, 6.07) is 18.6. The van der Waals surface area contributed by atoms with Crippen LogP contribution < -0.4 is 9.62 Å². The fraction of sp³-hybridized carbons (Fsp3) is 0.150. The maximum absolute atomic E-state index is 12.8. The molecular weight excluding hydrogens is 384 g/mol. The Morgan fingerprint density at radius 3 is 2.30 bits per heavy atom. The molecule has 5 nitrogen and oxygen atoms in total. The molecule has 1 N–H and O–H groups in total. The zero-order valence-electron chi connectivity index (χ0n) is 14.9. The Morgan fingerprint density at radius 2 is 1.63 bits per heavy atom. The van der Waals surface area contributed by atoms with Gasteiger partial charge in [0.25, 0.3) is 0 Å². The number of hydrogen-bond donors (Lipinski definition) is 1. The van der Waals surface area contributed by atoms with Crippen molar-refractivity contribution in [2.24, 2.45) is 0 Å². The van der Waals surface area contributed by atoms with Gasteiger partial charge in [0.1, 0.15) is 6.04 Å². The Labute approximate surface area is 163 Å². The number of anilines is 2. The molecule has 27 heavy (non-hydrogen) atoms. The standard InChI is InChI=1S/C20H19ClN2O3S/c1-14(23(27(2,25)26)17-12-10-16(21)11-13-17)20(24)22-19-9-5-7-15-6-3-4-8-18(15)19/h3-14H,1-2H3,(H,22,24)/t14-/m1/s1. The van der Waals surface area contributed by atoms with Gasteiger partial charge in [-0.15, -0.1) is 0 Å². The van der Waals surface area contributed by atoms with E-state index >= 15 is 0 Å². The van der Waals surface area contributed by atoms with E-state index in [0.29, 0.717) is 16.4 Å². The third-order valence-electron chi connectivity index (χ3n) is 4.22. The highest BCUT2D eigenvalue weighted by molar-refractivity contribution is 7.92. The van der Waals surface area contributed by atoms with E-state index < -0.39 is 22.0 Å². The monoisotopic (exact) mass is 402 g/mol. The molecule has 0 heterocycles. The number of carbonyl (C=O) groups excluding carboxylic acids is 1. The maximum Gasteiger partial charge on any atom is 0.248 e. The number of hydrogen-bond acceptors (Lipinski definition) is 3. The molecule has 0 saturated heterocycles. The van der Waals surface area contributed by atoms with Gasteiger partial charge in [0.15, 0.2) is 0 Å². The molecule has 0 aliphatic heterocycles. The number of nitrogens with one attached hydrogen (secondary N) is 1. The Morgan fingerprint density at radius 1 is 1.00 bits per heavy atom. The molecule has 3 rings (SSSR count). The van der Waals surface area contributed by atoms with Gasteiger partial charge in [0, 0.05) is 16.1 Å². The summed E-state index contributed by atoms with van der Waals surface area (Å²) in [7, 11) is -3.68. The molecule has 0 aliphatic carbocycles. The predicted octanol–water partition coefficient (Wildman–Crippen LogP) is 4.29. The van der Waals surface area contributed by atoms with E-state index in [4.69, 9.17) is 11.6 Å². The summed E-state index contributed by atoms with van der Waals surface area (Å²) < 4.78 is 25.8. The zero-order valence-corrected chi connectivity index (χ0v) is 16.5. The molecule has 0 aromatic heterocycles. The first-order valence-corrected chi connectivity index (χ1v) is 10.5. The van der Waals surface area contributed by atoms with E-state index in [1.54, 1.807) is 37.3 Å². The summed E-state index contributed by atoms with van der Waals surface area (Å²) in [5.41, 5.74) is 1.01. The van der Waals surface area contributed by atoms with Crippen molar-refractivity contribution in [2.45, 2.75) is 13.0 Å². The van der Waals surface area contributed by atoms with Crippen LogP contribution >= 0.6 is 11.6 Å². The van der Waals surface area contributed by atoms with Gasteiger partial charge < -0.3 is 5.32 Å². The van der Waals surface area contributed by atoms with Gasteiger partial charge in [-0.3, -0.25) is 9.10 Å². The average Bonchev–Trinajstić information content (AvgIpc) is 2.62. The number of nitrogens with zero attached hydrogens (tertiary/aromatic N) is 1. The SMILES string of the molecule is C[C@H](C(=O)Nc1cccc2ccccc12)N(c1ccc(Cl)cc1)S(C)(=O)=O. The lowest BCUT2D eigenvalue weighted by Gasteiger charge is -2.28. The van der Waals surface area contributed by atoms with Gasteiger partial charge in [-0.05, 0) is 42.6 Å². The van der Waals surface area contributed by atoms with Crippen molar-refractivity contribution in [3.05, 3.63) is 71.8 Å². The summed E-state index contributed by atoms with van der Waals surface area (Å²) >= 11 is 5.89. The first kappa shape index (κ1) is 19.2. The van der Waals surface area contributed by atoms with E-state index in [1.807, 2.05) is 36.4 Å². The molecule has 0 aliphatic rings. The largest absolute Gasteiger partial charge is 0.324 e. The molecule has 0 bridgehead atoms. The third-order valence-corrected chi connectivity index (χ3v) is 5.71. The molecule has 1 amide bonds. The zero-order chi connectivity index (χ0) is 19.6. The first-order valence-electron chi connectivity index (χ1n) is 8.31. The number of benzene rings is 3. The minimum Gasteiger partial charge on any atom is -0.324 e. The molecule has 1 atom stereocenters. The first-order chi connectivity index (χ1) is 12.8. The van der Waals surface area contributed by atoms with Gasteiger partial charge in [-0.1, -0.05) is 48.0 Å². The van der Waals surface area contributed by atoms with Crippen LogP contribution in [0.4, 0.5) is 11.4 Å². The van der Waals surface area contributed by atoms with Crippen LogP contribution in [0.5, 0.6) is 0 Å². The van der Waals surface area contributed by atoms with Crippen LogP contribution in [0.3, 0.4) is 0 Å². The lowest BCUT2D eigenvalue weighted by molar-refractivity contribution is -0.116. The van der Waals surface area contributed by atoms with Crippen molar-refractivity contribution in [3.63, 3.8) is 0 Å². The highest BCUT2D eigenvalue weighted by Crippen LogP contribution is 2.26. The molecular formula is C20H19ClN2O3S. The van der Waals surface area contributed by atoms with Gasteiger partial charge in [0.05, 0.1) is 11.9 Å². The smallest absolute Gasteiger partial charge is 0.248 e. The van der Waals surface area contributed by atoms with Crippen molar-refractivity contribution >= 4 is 49.7 Å². The van der Waals surface area contributed by atoms with Gasteiger partial charge in [-0.25, -0.2) is 8.42 Å². The van der Waals surface area contributed by atoms with Crippen LogP contribution in [0.1, 0.15) is 6.92 Å². The van der Waals surface area contributed by atoms with Crippen LogP contribution in [0.2, 0.25) is 5.02 Å². The van der Waals surface area contributed by atoms with Crippen molar-refractivity contribution in [1.82, 2.24) is 0 Å². The number of fused-ring (bicyclic) bond motifs is 1. The van der Waals surface area contributed by atoms with Crippen LogP contribution in [0.15, 0.2) is 66.7 Å². The fourth-order valence-corrected chi connectivity index (χ4v) is 4.27. The lowest BCUT2D eigenvalue weighted by atomic mass is 10.1. The third kappa shape index (κ3) is 4.23. The quantitative estimate of drug-likeness (QED) is 0.692. The van der Waals surface area contributed by atoms with Crippen molar-refractivity contribution in [2.75, 3.05) is 15.9 Å². The van der Waals surface area contributed by atoms with Crippen LogP contribution in [-0.4, -0.2) is 26.6 Å². The summed E-state index contributed by atoms with van der Waals surface area (Å²) in [5, 5.41) is 5.21. The average molecular weight is 403 g/mol. The Bertz CT molecular complexity index is 1080. The normalized spacial score (nSPS) is 12.6. The summed E-state index contributed by atoms with van der Waals surface area (Å²) in [6.45, 7) is 1.55. The Balaban J connectivity index is 1.93. The minimum atomic E-state index is -3.68. The van der Waals surface area contributed by atoms with Crippen LogP contribution in [-0.2, 0) is 14.8 Å². The molecule has 7 heteroatoms. The summed E-state index contributed by atoms with van der Waals surface area (Å²) in [5.74, 6) is -0.424. The van der Waals surface area contributed by atoms with Crippen molar-refractivity contribution in [1.29, 1.82) is 0 Å². The number of halogens is 1. The van der Waals surface area contributed by atoms with Crippen molar-refractivity contribution in [3.8, 4) is 0 Å². The van der Waals surface area contributed by atoms with E-state index in [0.717, 1.165) is 21.3 Å². The maximum atomic E-state index is 12.8. The molecule has 3 aromatic carbocycles. The fourth-order valence-electron chi connectivity index (χ4n) is 2.97. The topological polar surface area (TPSA) is 66.5 Å². The van der Waals surface area contributed by atoms with Gasteiger partial charge >= 0.3 is 0 Å². The molecule has 0 unspecified atom stereocenters. The second-order valence-corrected chi connectivity index (χ2v) is 8.52. The number of rotatable bonds is 5. The Hall–Kier alpha value is -2.57. The molecule has 0 spiro atoms. The molecule has 0 radical (unpaired) electrons. The van der Waals surface area contributed by atoms with Gasteiger partial charge in [-0.2, -0.15) is 0 Å². The second kappa shape index (κ2) is 7.58. The van der Waals surface area contributed by atoms with E-state index in [9.17, 15) is 13.2 Å². The Kier molecular flexibility index (Phi) is 5.39. The number of carbonyl (C=O) groups is 1. The highest BCUT2D eigenvalue weighted by atomic mass is 35.5. The molecule has 0 saturated carbocycles. The van der Waals surface area contributed by atoms with Gasteiger partial charge in [0.2, 0.25) is 15.9 Å². The van der Waals surface area contributed by atoms with Crippen LogP contribution in [0, 0.1) is 0 Å². The van der Waals surface area contributed by atoms with Crippen LogP contribution in [0.25, 0.3) is 10.8 Å².